The summed E-state index contributed by atoms with van der Waals surface area (Å²) in [6.45, 7) is 2.28. The Kier molecular flexibility index (Phi) is 3.95. The first-order chi connectivity index (χ1) is 8.45. The van der Waals surface area contributed by atoms with Crippen LogP contribution in [0.1, 0.15) is 32.6 Å². The minimum atomic E-state index is -3.12. The number of anilines is 1. The standard InChI is InChI=1S/C14H21NO2S/c1-11-5-3-6-12(9-11)15-13-7-4-8-14(10-13)18(2,16)17/h4,7-8,10-12,15H,3,5-6,9H2,1-2H3. The second-order valence-electron chi connectivity index (χ2n) is 5.41. The Balaban J connectivity index is 2.10. The molecule has 18 heavy (non-hydrogen) atoms. The first-order valence-corrected chi connectivity index (χ1v) is 8.41. The summed E-state index contributed by atoms with van der Waals surface area (Å²) in [6.07, 6.45) is 6.15. The highest BCUT2D eigenvalue weighted by Crippen LogP contribution is 2.26. The number of hydrogen-bond acceptors (Lipinski definition) is 3. The van der Waals surface area contributed by atoms with Gasteiger partial charge < -0.3 is 5.32 Å². The zero-order valence-corrected chi connectivity index (χ0v) is 11.8. The topological polar surface area (TPSA) is 46.2 Å². The van der Waals surface area contributed by atoms with Gasteiger partial charge in [-0.25, -0.2) is 8.42 Å². The molecule has 2 atom stereocenters. The summed E-state index contributed by atoms with van der Waals surface area (Å²) in [7, 11) is -3.12. The largest absolute Gasteiger partial charge is 0.382 e. The molecule has 0 saturated heterocycles. The summed E-state index contributed by atoms with van der Waals surface area (Å²) in [5, 5.41) is 3.46. The normalized spacial score (nSPS) is 24.8. The zero-order valence-electron chi connectivity index (χ0n) is 11.0. The van der Waals surface area contributed by atoms with Gasteiger partial charge in [0.15, 0.2) is 9.84 Å². The third-order valence-corrected chi connectivity index (χ3v) is 4.68. The van der Waals surface area contributed by atoms with Crippen molar-refractivity contribution >= 4 is 15.5 Å². The molecule has 0 heterocycles. The molecular weight excluding hydrogens is 246 g/mol. The lowest BCUT2D eigenvalue weighted by Gasteiger charge is -2.28. The molecule has 100 valence electrons. The minimum Gasteiger partial charge on any atom is -0.382 e. The molecule has 4 heteroatoms. The van der Waals surface area contributed by atoms with Crippen molar-refractivity contribution in [2.24, 2.45) is 5.92 Å². The smallest absolute Gasteiger partial charge is 0.175 e. The molecule has 0 amide bonds. The predicted molar refractivity (Wildman–Crippen MR) is 74.6 cm³/mol. The second kappa shape index (κ2) is 5.31. The van der Waals surface area contributed by atoms with Gasteiger partial charge in [0.25, 0.3) is 0 Å². The number of hydrogen-bond donors (Lipinski definition) is 1. The van der Waals surface area contributed by atoms with Gasteiger partial charge in [0, 0.05) is 18.0 Å². The van der Waals surface area contributed by atoms with E-state index in [2.05, 4.69) is 12.2 Å². The summed E-state index contributed by atoms with van der Waals surface area (Å²) in [4.78, 5) is 0.386. The number of sulfone groups is 1. The van der Waals surface area contributed by atoms with Gasteiger partial charge in [0.05, 0.1) is 4.90 Å². The van der Waals surface area contributed by atoms with E-state index in [1.165, 1.54) is 31.9 Å². The highest BCUT2D eigenvalue weighted by molar-refractivity contribution is 7.90. The van der Waals surface area contributed by atoms with Gasteiger partial charge in [-0.15, -0.1) is 0 Å². The minimum absolute atomic E-state index is 0.386. The van der Waals surface area contributed by atoms with Gasteiger partial charge >= 0.3 is 0 Å². The average molecular weight is 267 g/mol. The Morgan fingerprint density at radius 3 is 2.72 bits per heavy atom. The summed E-state index contributed by atoms with van der Waals surface area (Å²) >= 11 is 0. The molecule has 0 radical (unpaired) electrons. The van der Waals surface area contributed by atoms with Crippen molar-refractivity contribution in [3.8, 4) is 0 Å². The Hall–Kier alpha value is -1.03. The lowest BCUT2D eigenvalue weighted by atomic mass is 9.87. The van der Waals surface area contributed by atoms with Crippen molar-refractivity contribution in [3.05, 3.63) is 24.3 Å². The lowest BCUT2D eigenvalue weighted by Crippen LogP contribution is -2.26. The number of nitrogens with one attached hydrogen (secondary N) is 1. The van der Waals surface area contributed by atoms with Crippen LogP contribution in [0.15, 0.2) is 29.2 Å². The molecular formula is C14H21NO2S. The Morgan fingerprint density at radius 1 is 1.28 bits per heavy atom. The molecule has 0 spiro atoms. The van der Waals surface area contributed by atoms with Crippen LogP contribution in [0.2, 0.25) is 0 Å². The van der Waals surface area contributed by atoms with E-state index in [-0.39, 0.29) is 0 Å². The molecule has 0 aromatic heterocycles. The van der Waals surface area contributed by atoms with Crippen molar-refractivity contribution in [1.82, 2.24) is 0 Å². The summed E-state index contributed by atoms with van der Waals surface area (Å²) in [5.41, 5.74) is 0.914. The first kappa shape index (κ1) is 13.4. The third-order valence-electron chi connectivity index (χ3n) is 3.57. The maximum Gasteiger partial charge on any atom is 0.175 e. The van der Waals surface area contributed by atoms with E-state index in [0.29, 0.717) is 10.9 Å². The summed E-state index contributed by atoms with van der Waals surface area (Å²) in [5.74, 6) is 0.759. The van der Waals surface area contributed by atoms with Crippen molar-refractivity contribution in [1.29, 1.82) is 0 Å². The van der Waals surface area contributed by atoms with E-state index < -0.39 is 9.84 Å². The van der Waals surface area contributed by atoms with E-state index in [4.69, 9.17) is 0 Å². The van der Waals surface area contributed by atoms with Crippen molar-refractivity contribution < 1.29 is 8.42 Å². The van der Waals surface area contributed by atoms with Crippen LogP contribution in [0.3, 0.4) is 0 Å². The molecule has 1 N–H and O–H groups in total. The van der Waals surface area contributed by atoms with E-state index >= 15 is 0 Å². The van der Waals surface area contributed by atoms with Gasteiger partial charge in [0.1, 0.15) is 0 Å². The van der Waals surface area contributed by atoms with Crippen molar-refractivity contribution in [2.75, 3.05) is 11.6 Å². The molecule has 3 nitrogen and oxygen atoms in total. The van der Waals surface area contributed by atoms with Crippen LogP contribution in [0.4, 0.5) is 5.69 Å². The van der Waals surface area contributed by atoms with Crippen LogP contribution in [-0.4, -0.2) is 20.7 Å². The van der Waals surface area contributed by atoms with E-state index in [1.54, 1.807) is 18.2 Å². The highest BCUT2D eigenvalue weighted by atomic mass is 32.2. The quantitative estimate of drug-likeness (QED) is 0.915. The Morgan fingerprint density at radius 2 is 2.06 bits per heavy atom. The molecule has 0 bridgehead atoms. The molecule has 1 aliphatic rings. The van der Waals surface area contributed by atoms with E-state index in [9.17, 15) is 8.42 Å². The van der Waals surface area contributed by atoms with Crippen LogP contribution >= 0.6 is 0 Å². The van der Waals surface area contributed by atoms with Gasteiger partial charge in [-0.05, 0) is 37.0 Å². The molecule has 1 aromatic rings. The predicted octanol–water partition coefficient (Wildman–Crippen LogP) is 3.08. The fraction of sp³-hybridized carbons (Fsp3) is 0.571. The number of rotatable bonds is 3. The van der Waals surface area contributed by atoms with E-state index in [1.807, 2.05) is 6.07 Å². The monoisotopic (exact) mass is 267 g/mol. The van der Waals surface area contributed by atoms with Crippen LogP contribution in [0, 0.1) is 5.92 Å². The van der Waals surface area contributed by atoms with Gasteiger partial charge in [-0.2, -0.15) is 0 Å². The van der Waals surface area contributed by atoms with E-state index in [0.717, 1.165) is 11.6 Å². The summed E-state index contributed by atoms with van der Waals surface area (Å²) in [6, 6.07) is 7.58. The summed E-state index contributed by atoms with van der Waals surface area (Å²) < 4.78 is 23.0. The zero-order chi connectivity index (χ0) is 13.2. The fourth-order valence-electron chi connectivity index (χ4n) is 2.62. The number of benzene rings is 1. The average Bonchev–Trinajstić information content (AvgIpc) is 2.28. The van der Waals surface area contributed by atoms with Crippen LogP contribution in [0.5, 0.6) is 0 Å². The van der Waals surface area contributed by atoms with Gasteiger partial charge in [-0.1, -0.05) is 25.8 Å². The maximum atomic E-state index is 11.5. The van der Waals surface area contributed by atoms with Gasteiger partial charge in [-0.3, -0.25) is 0 Å². The molecule has 0 aliphatic heterocycles. The van der Waals surface area contributed by atoms with Crippen LogP contribution < -0.4 is 5.32 Å². The Labute approximate surface area is 110 Å². The first-order valence-electron chi connectivity index (χ1n) is 6.52. The second-order valence-corrected chi connectivity index (χ2v) is 7.43. The molecule has 1 aliphatic carbocycles. The molecule has 2 rings (SSSR count). The fourth-order valence-corrected chi connectivity index (χ4v) is 3.28. The van der Waals surface area contributed by atoms with Crippen molar-refractivity contribution in [2.45, 2.75) is 43.5 Å². The molecule has 1 fully saturated rings. The molecule has 1 saturated carbocycles. The Bertz CT molecular complexity index is 510. The van der Waals surface area contributed by atoms with Gasteiger partial charge in [0.2, 0.25) is 0 Å². The molecule has 1 aromatic carbocycles. The SMILES string of the molecule is CC1CCCC(Nc2cccc(S(C)(=O)=O)c2)C1. The highest BCUT2D eigenvalue weighted by Gasteiger charge is 2.18. The van der Waals surface area contributed by atoms with Crippen LogP contribution in [0.25, 0.3) is 0 Å². The molecule has 2 unspecified atom stereocenters. The van der Waals surface area contributed by atoms with Crippen LogP contribution in [-0.2, 0) is 9.84 Å². The third kappa shape index (κ3) is 3.48. The lowest BCUT2D eigenvalue weighted by molar-refractivity contribution is 0.358. The maximum absolute atomic E-state index is 11.5. The van der Waals surface area contributed by atoms with Crippen molar-refractivity contribution in [3.63, 3.8) is 0 Å².